The third kappa shape index (κ3) is 2.03. The fraction of sp³-hybridized carbons (Fsp3) is 0.286. The molecular weight excluding hydrogens is 246 g/mol. The van der Waals surface area contributed by atoms with Crippen molar-refractivity contribution in [3.63, 3.8) is 0 Å². The summed E-state index contributed by atoms with van der Waals surface area (Å²) in [6.07, 6.45) is 0. The van der Waals surface area contributed by atoms with E-state index in [1.165, 1.54) is 20.2 Å². The van der Waals surface area contributed by atoms with Crippen molar-refractivity contribution >= 4 is 23.1 Å². The van der Waals surface area contributed by atoms with E-state index in [0.29, 0.717) is 5.92 Å². The lowest BCUT2D eigenvalue weighted by Gasteiger charge is -2.18. The van der Waals surface area contributed by atoms with Crippen molar-refractivity contribution in [1.82, 2.24) is 0 Å². The summed E-state index contributed by atoms with van der Waals surface area (Å²) in [6.45, 7) is 2.14. The maximum absolute atomic E-state index is 6.43. The first-order valence-electron chi connectivity index (χ1n) is 5.79. The van der Waals surface area contributed by atoms with E-state index in [1.807, 2.05) is 23.1 Å². The van der Waals surface area contributed by atoms with Crippen LogP contribution < -0.4 is 5.73 Å². The summed E-state index contributed by atoms with van der Waals surface area (Å²) in [7, 11) is 0. The molecule has 2 atom stereocenters. The monoisotopic (exact) mass is 261 g/mol. The SMILES string of the molecule is Cc1ccc(C(N)C2CSc3ccccc32)s1. The van der Waals surface area contributed by atoms with Crippen LogP contribution in [0.1, 0.15) is 27.3 Å². The maximum Gasteiger partial charge on any atom is 0.0467 e. The van der Waals surface area contributed by atoms with E-state index in [4.69, 9.17) is 5.73 Å². The molecule has 0 bridgehead atoms. The number of hydrogen-bond acceptors (Lipinski definition) is 3. The Kier molecular flexibility index (Phi) is 2.99. The van der Waals surface area contributed by atoms with Gasteiger partial charge in [-0.2, -0.15) is 0 Å². The molecule has 0 fully saturated rings. The second-order valence-electron chi connectivity index (χ2n) is 4.43. The predicted octanol–water partition coefficient (Wildman–Crippen LogP) is 3.95. The minimum Gasteiger partial charge on any atom is -0.323 e. The number of fused-ring (bicyclic) bond motifs is 1. The molecule has 1 aromatic heterocycles. The zero-order valence-corrected chi connectivity index (χ0v) is 11.4. The lowest BCUT2D eigenvalue weighted by Crippen LogP contribution is -2.18. The van der Waals surface area contributed by atoms with Crippen molar-refractivity contribution in [2.75, 3.05) is 5.75 Å². The first kappa shape index (κ1) is 11.3. The van der Waals surface area contributed by atoms with Crippen LogP contribution in [0.4, 0.5) is 0 Å². The maximum atomic E-state index is 6.43. The number of thioether (sulfide) groups is 1. The van der Waals surface area contributed by atoms with E-state index < -0.39 is 0 Å². The molecule has 0 spiro atoms. The second kappa shape index (κ2) is 4.48. The molecule has 0 aliphatic carbocycles. The number of benzene rings is 1. The van der Waals surface area contributed by atoms with Gasteiger partial charge in [-0.15, -0.1) is 23.1 Å². The average Bonchev–Trinajstić information content (AvgIpc) is 2.94. The molecule has 3 heteroatoms. The summed E-state index contributed by atoms with van der Waals surface area (Å²) in [5.74, 6) is 1.58. The third-order valence-corrected chi connectivity index (χ3v) is 5.57. The fourth-order valence-corrected chi connectivity index (χ4v) is 4.57. The molecular formula is C14H15NS2. The highest BCUT2D eigenvalue weighted by atomic mass is 32.2. The number of hydrogen-bond donors (Lipinski definition) is 1. The van der Waals surface area contributed by atoms with Crippen LogP contribution in [0.15, 0.2) is 41.3 Å². The van der Waals surface area contributed by atoms with Crippen LogP contribution in [0, 0.1) is 6.92 Å². The second-order valence-corrected chi connectivity index (χ2v) is 6.81. The van der Waals surface area contributed by atoms with Gasteiger partial charge in [0.2, 0.25) is 0 Å². The molecule has 88 valence electrons. The largest absolute Gasteiger partial charge is 0.323 e. The Morgan fingerprint density at radius 1 is 1.24 bits per heavy atom. The molecule has 0 saturated heterocycles. The highest BCUT2D eigenvalue weighted by Crippen LogP contribution is 2.45. The Balaban J connectivity index is 1.92. The molecule has 1 aromatic carbocycles. The Morgan fingerprint density at radius 2 is 2.06 bits per heavy atom. The molecule has 1 aliphatic heterocycles. The Morgan fingerprint density at radius 3 is 2.82 bits per heavy atom. The zero-order chi connectivity index (χ0) is 11.8. The predicted molar refractivity (Wildman–Crippen MR) is 75.9 cm³/mol. The fourth-order valence-electron chi connectivity index (χ4n) is 2.32. The molecule has 0 amide bonds. The van der Waals surface area contributed by atoms with E-state index in [2.05, 4.69) is 43.3 Å². The summed E-state index contributed by atoms with van der Waals surface area (Å²) in [4.78, 5) is 4.06. The van der Waals surface area contributed by atoms with Crippen molar-refractivity contribution in [3.8, 4) is 0 Å². The summed E-state index contributed by atoms with van der Waals surface area (Å²) in [5, 5.41) is 0. The van der Waals surface area contributed by atoms with Gasteiger partial charge in [0.05, 0.1) is 0 Å². The number of aryl methyl sites for hydroxylation is 1. The van der Waals surface area contributed by atoms with Gasteiger partial charge in [-0.05, 0) is 30.7 Å². The lowest BCUT2D eigenvalue weighted by molar-refractivity contribution is 0.617. The highest BCUT2D eigenvalue weighted by molar-refractivity contribution is 7.99. The first-order valence-corrected chi connectivity index (χ1v) is 7.59. The van der Waals surface area contributed by atoms with Crippen LogP contribution >= 0.6 is 23.1 Å². The third-order valence-electron chi connectivity index (χ3n) is 3.26. The topological polar surface area (TPSA) is 26.0 Å². The molecule has 0 radical (unpaired) electrons. The summed E-state index contributed by atoms with van der Waals surface area (Å²) in [6, 6.07) is 13.1. The molecule has 2 heterocycles. The van der Waals surface area contributed by atoms with Crippen molar-refractivity contribution in [3.05, 3.63) is 51.7 Å². The highest BCUT2D eigenvalue weighted by Gasteiger charge is 2.29. The Hall–Kier alpha value is -0.770. The van der Waals surface area contributed by atoms with Crippen LogP contribution in [-0.2, 0) is 0 Å². The van der Waals surface area contributed by atoms with Gasteiger partial charge < -0.3 is 5.73 Å². The van der Waals surface area contributed by atoms with Crippen molar-refractivity contribution < 1.29 is 0 Å². The number of thiophene rings is 1. The van der Waals surface area contributed by atoms with Gasteiger partial charge in [-0.25, -0.2) is 0 Å². The van der Waals surface area contributed by atoms with E-state index in [9.17, 15) is 0 Å². The summed E-state index contributed by atoms with van der Waals surface area (Å²) in [5.41, 5.74) is 7.85. The van der Waals surface area contributed by atoms with E-state index in [-0.39, 0.29) is 6.04 Å². The van der Waals surface area contributed by atoms with Crippen LogP contribution in [-0.4, -0.2) is 5.75 Å². The summed E-state index contributed by atoms with van der Waals surface area (Å²) < 4.78 is 0. The average molecular weight is 261 g/mol. The van der Waals surface area contributed by atoms with Crippen LogP contribution in [0.3, 0.4) is 0 Å². The zero-order valence-electron chi connectivity index (χ0n) is 9.72. The van der Waals surface area contributed by atoms with Gasteiger partial charge in [-0.1, -0.05) is 18.2 Å². The molecule has 1 nitrogen and oxygen atoms in total. The van der Waals surface area contributed by atoms with E-state index in [1.54, 1.807) is 0 Å². The molecule has 2 unspecified atom stereocenters. The van der Waals surface area contributed by atoms with Gasteiger partial charge in [0.25, 0.3) is 0 Å². The molecule has 17 heavy (non-hydrogen) atoms. The molecule has 3 rings (SSSR count). The molecule has 2 N–H and O–H groups in total. The first-order chi connectivity index (χ1) is 8.25. The van der Waals surface area contributed by atoms with Crippen LogP contribution in [0.5, 0.6) is 0 Å². The van der Waals surface area contributed by atoms with Crippen LogP contribution in [0.2, 0.25) is 0 Å². The Bertz CT molecular complexity index is 533. The minimum atomic E-state index is 0.143. The molecule has 0 saturated carbocycles. The molecule has 2 aromatic rings. The number of nitrogens with two attached hydrogens (primary N) is 1. The van der Waals surface area contributed by atoms with Gasteiger partial charge >= 0.3 is 0 Å². The molecule has 1 aliphatic rings. The van der Waals surface area contributed by atoms with Gasteiger partial charge in [0, 0.05) is 32.4 Å². The summed E-state index contributed by atoms with van der Waals surface area (Å²) >= 11 is 3.75. The van der Waals surface area contributed by atoms with Gasteiger partial charge in [-0.3, -0.25) is 0 Å². The van der Waals surface area contributed by atoms with E-state index >= 15 is 0 Å². The minimum absolute atomic E-state index is 0.143. The smallest absolute Gasteiger partial charge is 0.0467 e. The van der Waals surface area contributed by atoms with Crippen LogP contribution in [0.25, 0.3) is 0 Å². The van der Waals surface area contributed by atoms with Crippen molar-refractivity contribution in [2.24, 2.45) is 5.73 Å². The van der Waals surface area contributed by atoms with E-state index in [0.717, 1.165) is 5.75 Å². The van der Waals surface area contributed by atoms with Gasteiger partial charge in [0.15, 0.2) is 0 Å². The lowest BCUT2D eigenvalue weighted by atomic mass is 9.93. The van der Waals surface area contributed by atoms with Crippen molar-refractivity contribution in [1.29, 1.82) is 0 Å². The quantitative estimate of drug-likeness (QED) is 0.886. The van der Waals surface area contributed by atoms with Gasteiger partial charge in [0.1, 0.15) is 0 Å². The standard InChI is InChI=1S/C14H15NS2/c1-9-6-7-13(17-9)14(15)11-8-16-12-5-3-2-4-10(11)12/h2-7,11,14H,8,15H2,1H3. The number of rotatable bonds is 2. The van der Waals surface area contributed by atoms with Crippen molar-refractivity contribution in [2.45, 2.75) is 23.8 Å². The normalized spacial score (nSPS) is 20.2. The Labute approximate surface area is 110 Å².